The van der Waals surface area contributed by atoms with Crippen molar-refractivity contribution in [2.45, 2.75) is 25.8 Å². The molecule has 6 heteroatoms. The molecule has 1 aromatic rings. The summed E-state index contributed by atoms with van der Waals surface area (Å²) >= 11 is 0. The minimum absolute atomic E-state index is 0.106. The molecule has 1 unspecified atom stereocenters. The Morgan fingerprint density at radius 1 is 1.52 bits per heavy atom. The van der Waals surface area contributed by atoms with Gasteiger partial charge in [-0.25, -0.2) is 0 Å². The zero-order valence-corrected chi connectivity index (χ0v) is 12.5. The van der Waals surface area contributed by atoms with Gasteiger partial charge in [0.25, 0.3) is 0 Å². The average Bonchev–Trinajstić information content (AvgIpc) is 2.95. The van der Waals surface area contributed by atoms with Crippen LogP contribution in [0, 0.1) is 0 Å². The number of nitrogens with zero attached hydrogens (tertiary/aromatic N) is 2. The predicted molar refractivity (Wildman–Crippen MR) is 77.7 cm³/mol. The third-order valence-corrected chi connectivity index (χ3v) is 4.21. The number of fused-ring (bicyclic) bond motifs is 2. The van der Waals surface area contributed by atoms with Crippen molar-refractivity contribution in [2.24, 2.45) is 5.16 Å². The highest BCUT2D eigenvalue weighted by Gasteiger charge is 2.34. The average molecular weight is 292 g/mol. The number of likely N-dealkylation sites (N-methyl/N-ethyl adjacent to an activating group) is 1. The molecule has 0 aromatic heterocycles. The Labute approximate surface area is 123 Å². The molecule has 0 spiro atoms. The molecule has 0 amide bonds. The van der Waals surface area contributed by atoms with E-state index in [1.165, 1.54) is 5.56 Å². The molecule has 6 nitrogen and oxygen atoms in total. The molecule has 1 atom stereocenters. The van der Waals surface area contributed by atoms with Gasteiger partial charge >= 0.3 is 0 Å². The molecule has 1 N–H and O–H groups in total. The molecule has 114 valence electrons. The van der Waals surface area contributed by atoms with E-state index in [1.807, 2.05) is 13.0 Å². The number of oxime groups is 1. The van der Waals surface area contributed by atoms with Gasteiger partial charge in [-0.2, -0.15) is 0 Å². The van der Waals surface area contributed by atoms with Crippen LogP contribution in [0.4, 0.5) is 0 Å². The van der Waals surface area contributed by atoms with E-state index in [0.717, 1.165) is 30.0 Å². The molecule has 2 heterocycles. The van der Waals surface area contributed by atoms with Crippen LogP contribution in [0.1, 0.15) is 30.5 Å². The predicted octanol–water partition coefficient (Wildman–Crippen LogP) is 2.19. The Morgan fingerprint density at radius 3 is 3.05 bits per heavy atom. The van der Waals surface area contributed by atoms with Gasteiger partial charge in [0.1, 0.15) is 0 Å². The fourth-order valence-electron chi connectivity index (χ4n) is 3.10. The molecule has 0 aliphatic carbocycles. The van der Waals surface area contributed by atoms with Crippen LogP contribution in [0.2, 0.25) is 0 Å². The fourth-order valence-corrected chi connectivity index (χ4v) is 3.10. The Bertz CT molecular complexity index is 586. The maximum absolute atomic E-state index is 8.97. The first kappa shape index (κ1) is 14.0. The molecule has 2 aliphatic heterocycles. The van der Waals surface area contributed by atoms with Gasteiger partial charge in [-0.3, -0.25) is 4.90 Å². The lowest BCUT2D eigenvalue weighted by atomic mass is 9.88. The zero-order chi connectivity index (χ0) is 15.0. The van der Waals surface area contributed by atoms with Gasteiger partial charge in [-0.15, -0.1) is 0 Å². The third-order valence-electron chi connectivity index (χ3n) is 4.21. The number of methoxy groups -OCH3 is 1. The van der Waals surface area contributed by atoms with E-state index < -0.39 is 0 Å². The smallest absolute Gasteiger partial charge is 0.231 e. The summed E-state index contributed by atoms with van der Waals surface area (Å²) in [6, 6.07) is 2.15. The van der Waals surface area contributed by atoms with E-state index >= 15 is 0 Å². The summed E-state index contributed by atoms with van der Waals surface area (Å²) in [4.78, 5) is 2.25. The van der Waals surface area contributed by atoms with E-state index in [-0.39, 0.29) is 12.8 Å². The van der Waals surface area contributed by atoms with Crippen LogP contribution in [0.25, 0.3) is 0 Å². The molecular formula is C15H20N2O4. The van der Waals surface area contributed by atoms with E-state index in [9.17, 15) is 0 Å². The second-order valence-corrected chi connectivity index (χ2v) is 5.50. The quantitative estimate of drug-likeness (QED) is 0.525. The van der Waals surface area contributed by atoms with Crippen molar-refractivity contribution >= 4 is 5.71 Å². The van der Waals surface area contributed by atoms with E-state index in [2.05, 4.69) is 17.1 Å². The molecule has 2 aliphatic rings. The van der Waals surface area contributed by atoms with Gasteiger partial charge in [0.2, 0.25) is 12.5 Å². The number of ether oxygens (including phenoxy) is 3. The van der Waals surface area contributed by atoms with Crippen LogP contribution in [-0.4, -0.2) is 43.3 Å². The maximum atomic E-state index is 8.97. The van der Waals surface area contributed by atoms with Gasteiger partial charge in [-0.1, -0.05) is 5.16 Å². The number of rotatable bonds is 3. The summed E-state index contributed by atoms with van der Waals surface area (Å²) in [6.07, 6.45) is 1.58. The molecule has 3 rings (SSSR count). The van der Waals surface area contributed by atoms with Gasteiger partial charge in [0.15, 0.2) is 11.5 Å². The monoisotopic (exact) mass is 292 g/mol. The zero-order valence-electron chi connectivity index (χ0n) is 12.5. The van der Waals surface area contributed by atoms with Gasteiger partial charge in [-0.05, 0) is 32.0 Å². The highest BCUT2D eigenvalue weighted by atomic mass is 16.7. The second kappa shape index (κ2) is 5.44. The maximum Gasteiger partial charge on any atom is 0.231 e. The lowest BCUT2D eigenvalue weighted by Crippen LogP contribution is -2.33. The minimum Gasteiger partial charge on any atom is -0.492 e. The Morgan fingerprint density at radius 2 is 2.33 bits per heavy atom. The first-order chi connectivity index (χ1) is 10.2. The van der Waals surface area contributed by atoms with Crippen molar-refractivity contribution in [3.05, 3.63) is 17.2 Å². The molecule has 0 fully saturated rings. The third kappa shape index (κ3) is 2.29. The van der Waals surface area contributed by atoms with Crippen molar-refractivity contribution in [1.82, 2.24) is 4.90 Å². The van der Waals surface area contributed by atoms with Crippen molar-refractivity contribution in [2.75, 3.05) is 27.5 Å². The van der Waals surface area contributed by atoms with Gasteiger partial charge in [0, 0.05) is 24.6 Å². The molecular weight excluding hydrogens is 272 g/mol. The Kier molecular flexibility index (Phi) is 3.63. The molecule has 0 bridgehead atoms. The summed E-state index contributed by atoms with van der Waals surface area (Å²) in [7, 11) is 3.72. The van der Waals surface area contributed by atoms with Crippen LogP contribution in [-0.2, 0) is 6.42 Å². The minimum atomic E-state index is 0.106. The highest BCUT2D eigenvalue weighted by molar-refractivity contribution is 5.82. The topological polar surface area (TPSA) is 63.5 Å². The largest absolute Gasteiger partial charge is 0.492 e. The summed E-state index contributed by atoms with van der Waals surface area (Å²) in [6.45, 7) is 2.99. The summed E-state index contributed by atoms with van der Waals surface area (Å²) in [5, 5.41) is 12.3. The fraction of sp³-hybridized carbons (Fsp3) is 0.533. The first-order valence-corrected chi connectivity index (χ1v) is 7.02. The molecule has 0 saturated carbocycles. The van der Waals surface area contributed by atoms with Crippen LogP contribution >= 0.6 is 0 Å². The van der Waals surface area contributed by atoms with Gasteiger partial charge < -0.3 is 19.4 Å². The lowest BCUT2D eigenvalue weighted by molar-refractivity contribution is 0.170. The molecule has 1 aromatic carbocycles. The summed E-state index contributed by atoms with van der Waals surface area (Å²) < 4.78 is 16.7. The van der Waals surface area contributed by atoms with Crippen LogP contribution < -0.4 is 14.2 Å². The van der Waals surface area contributed by atoms with Crippen LogP contribution in [0.15, 0.2) is 11.2 Å². The van der Waals surface area contributed by atoms with Crippen LogP contribution in [0.5, 0.6) is 17.2 Å². The highest BCUT2D eigenvalue weighted by Crippen LogP contribution is 2.49. The number of benzene rings is 1. The molecule has 21 heavy (non-hydrogen) atoms. The first-order valence-electron chi connectivity index (χ1n) is 7.02. The van der Waals surface area contributed by atoms with E-state index in [0.29, 0.717) is 17.9 Å². The molecule has 0 radical (unpaired) electrons. The van der Waals surface area contributed by atoms with Crippen molar-refractivity contribution < 1.29 is 19.4 Å². The van der Waals surface area contributed by atoms with E-state index in [1.54, 1.807) is 7.11 Å². The molecule has 0 saturated heterocycles. The lowest BCUT2D eigenvalue weighted by Gasteiger charge is -2.35. The van der Waals surface area contributed by atoms with Crippen LogP contribution in [0.3, 0.4) is 0 Å². The van der Waals surface area contributed by atoms with Crippen molar-refractivity contribution in [3.63, 3.8) is 0 Å². The Hall–Kier alpha value is -1.95. The standard InChI is InChI=1S/C15H20N2O4/c1-9(16-18)6-11-13-10(4-5-17(11)2)7-12-14(15(13)19-3)21-8-20-12/h7,11,18H,4-6,8H2,1-3H3. The second-order valence-electron chi connectivity index (χ2n) is 5.50. The normalized spacial score (nSPS) is 21.3. The van der Waals surface area contributed by atoms with Gasteiger partial charge in [0.05, 0.1) is 12.8 Å². The van der Waals surface area contributed by atoms with Crippen molar-refractivity contribution in [3.8, 4) is 17.2 Å². The van der Waals surface area contributed by atoms with Crippen molar-refractivity contribution in [1.29, 1.82) is 0 Å². The summed E-state index contributed by atoms with van der Waals surface area (Å²) in [5.74, 6) is 2.17. The SMILES string of the molecule is COc1c2c(cc3c1C(CC(C)=NO)N(C)CC3)OCO2. The van der Waals surface area contributed by atoms with E-state index in [4.69, 9.17) is 19.4 Å². The summed E-state index contributed by atoms with van der Waals surface area (Å²) in [5.41, 5.74) is 3.02. The Balaban J connectivity index is 2.11. The number of hydrogen-bond donors (Lipinski definition) is 1. The number of hydrogen-bond acceptors (Lipinski definition) is 6.